The lowest BCUT2D eigenvalue weighted by Crippen LogP contribution is -2.48. The van der Waals surface area contributed by atoms with Gasteiger partial charge in [-0.3, -0.25) is 14.7 Å². The summed E-state index contributed by atoms with van der Waals surface area (Å²) in [7, 11) is 1.74. The van der Waals surface area contributed by atoms with E-state index in [0.29, 0.717) is 5.96 Å². The molecule has 2 aliphatic rings. The molecular formula is C23H32IN5O2S. The number of aryl methyl sites for hydroxylation is 1. The van der Waals surface area contributed by atoms with E-state index in [0.717, 1.165) is 57.9 Å². The van der Waals surface area contributed by atoms with Gasteiger partial charge in [0, 0.05) is 43.8 Å². The molecule has 0 saturated carbocycles. The number of nitrogens with zero attached hydrogens (tertiary/aromatic N) is 3. The van der Waals surface area contributed by atoms with E-state index in [1.807, 2.05) is 23.1 Å². The molecule has 1 unspecified atom stereocenters. The predicted octanol–water partition coefficient (Wildman–Crippen LogP) is 2.88. The SMILES string of the molecule is CN=C(NCC(=O)N1CCCc2ccccc21)NCC(c1cccs1)N1CCOCC1.I. The van der Waals surface area contributed by atoms with Crippen molar-refractivity contribution in [3.05, 3.63) is 52.2 Å². The van der Waals surface area contributed by atoms with Gasteiger partial charge in [0.1, 0.15) is 0 Å². The summed E-state index contributed by atoms with van der Waals surface area (Å²) in [6.45, 7) is 5.07. The third kappa shape index (κ3) is 6.21. The Kier molecular flexibility index (Phi) is 9.76. The minimum Gasteiger partial charge on any atom is -0.379 e. The number of amides is 1. The zero-order valence-corrected chi connectivity index (χ0v) is 21.6. The van der Waals surface area contributed by atoms with E-state index in [4.69, 9.17) is 4.74 Å². The molecule has 1 atom stereocenters. The Morgan fingerprint density at radius 3 is 2.72 bits per heavy atom. The lowest BCUT2D eigenvalue weighted by atomic mass is 10.0. The molecule has 7 nitrogen and oxygen atoms in total. The average molecular weight is 570 g/mol. The number of carbonyl (C=O) groups excluding carboxylic acids is 1. The molecule has 2 aliphatic heterocycles. The van der Waals surface area contributed by atoms with Crippen LogP contribution in [-0.4, -0.2) is 69.8 Å². The Morgan fingerprint density at radius 2 is 1.97 bits per heavy atom. The number of para-hydroxylation sites is 1. The summed E-state index contributed by atoms with van der Waals surface area (Å²) in [6, 6.07) is 12.7. The highest BCUT2D eigenvalue weighted by atomic mass is 127. The summed E-state index contributed by atoms with van der Waals surface area (Å²) in [5, 5.41) is 8.75. The number of nitrogens with one attached hydrogen (secondary N) is 2. The van der Waals surface area contributed by atoms with Gasteiger partial charge in [0.25, 0.3) is 0 Å². The third-order valence-electron chi connectivity index (χ3n) is 5.86. The average Bonchev–Trinajstić information content (AvgIpc) is 3.36. The number of anilines is 1. The molecular weight excluding hydrogens is 537 g/mol. The number of guanidine groups is 1. The van der Waals surface area contributed by atoms with Gasteiger partial charge in [0.15, 0.2) is 5.96 Å². The Balaban J connectivity index is 0.00000289. The molecule has 32 heavy (non-hydrogen) atoms. The largest absolute Gasteiger partial charge is 0.379 e. The third-order valence-corrected chi connectivity index (χ3v) is 6.84. The molecule has 174 valence electrons. The summed E-state index contributed by atoms with van der Waals surface area (Å²) in [6.07, 6.45) is 2.03. The normalized spacial score (nSPS) is 17.8. The lowest BCUT2D eigenvalue weighted by molar-refractivity contribution is -0.117. The molecule has 3 heterocycles. The van der Waals surface area contributed by atoms with Gasteiger partial charge in [-0.15, -0.1) is 35.3 Å². The van der Waals surface area contributed by atoms with Crippen LogP contribution in [0.1, 0.15) is 22.9 Å². The van der Waals surface area contributed by atoms with Crippen LogP contribution >= 0.6 is 35.3 Å². The molecule has 0 spiro atoms. The number of hydrogen-bond acceptors (Lipinski definition) is 5. The van der Waals surface area contributed by atoms with E-state index in [9.17, 15) is 4.79 Å². The van der Waals surface area contributed by atoms with Crippen molar-refractivity contribution in [1.29, 1.82) is 0 Å². The number of hydrogen-bond donors (Lipinski definition) is 2. The Hall–Kier alpha value is -1.69. The van der Waals surface area contributed by atoms with Gasteiger partial charge in [-0.25, -0.2) is 0 Å². The molecule has 1 aromatic carbocycles. The Morgan fingerprint density at radius 1 is 1.16 bits per heavy atom. The molecule has 2 aromatic rings. The zero-order valence-electron chi connectivity index (χ0n) is 18.5. The van der Waals surface area contributed by atoms with Crippen LogP contribution in [0.25, 0.3) is 0 Å². The maximum Gasteiger partial charge on any atom is 0.246 e. The molecule has 4 rings (SSSR count). The van der Waals surface area contributed by atoms with Crippen molar-refractivity contribution in [2.45, 2.75) is 18.9 Å². The van der Waals surface area contributed by atoms with Crippen molar-refractivity contribution in [2.24, 2.45) is 4.99 Å². The van der Waals surface area contributed by atoms with E-state index < -0.39 is 0 Å². The van der Waals surface area contributed by atoms with Gasteiger partial charge in [0.05, 0.1) is 25.8 Å². The van der Waals surface area contributed by atoms with Crippen molar-refractivity contribution in [3.8, 4) is 0 Å². The van der Waals surface area contributed by atoms with Crippen molar-refractivity contribution in [3.63, 3.8) is 0 Å². The molecule has 0 aliphatic carbocycles. The molecule has 1 fully saturated rings. The van der Waals surface area contributed by atoms with E-state index in [1.54, 1.807) is 18.4 Å². The summed E-state index contributed by atoms with van der Waals surface area (Å²) >= 11 is 1.77. The van der Waals surface area contributed by atoms with Crippen LogP contribution in [0.4, 0.5) is 5.69 Å². The van der Waals surface area contributed by atoms with Crippen LogP contribution in [0, 0.1) is 0 Å². The second kappa shape index (κ2) is 12.5. The van der Waals surface area contributed by atoms with E-state index in [-0.39, 0.29) is 42.5 Å². The number of rotatable bonds is 6. The monoisotopic (exact) mass is 569 g/mol. The van der Waals surface area contributed by atoms with Crippen molar-refractivity contribution in [1.82, 2.24) is 15.5 Å². The van der Waals surface area contributed by atoms with Crippen LogP contribution in [0.15, 0.2) is 46.8 Å². The van der Waals surface area contributed by atoms with Gasteiger partial charge in [-0.1, -0.05) is 24.3 Å². The van der Waals surface area contributed by atoms with Gasteiger partial charge >= 0.3 is 0 Å². The van der Waals surface area contributed by atoms with Crippen molar-refractivity contribution in [2.75, 3.05) is 57.9 Å². The summed E-state index contributed by atoms with van der Waals surface area (Å²) in [4.78, 5) is 22.9. The second-order valence-corrected chi connectivity index (χ2v) is 8.74. The van der Waals surface area contributed by atoms with Crippen LogP contribution in [0.2, 0.25) is 0 Å². The minimum atomic E-state index is 0. The molecule has 9 heteroatoms. The number of aliphatic imine (C=N–C) groups is 1. The van der Waals surface area contributed by atoms with Crippen LogP contribution in [0.5, 0.6) is 0 Å². The minimum absolute atomic E-state index is 0. The van der Waals surface area contributed by atoms with Gasteiger partial charge in [-0.05, 0) is 35.9 Å². The lowest BCUT2D eigenvalue weighted by Gasteiger charge is -2.34. The number of fused-ring (bicyclic) bond motifs is 1. The number of benzene rings is 1. The predicted molar refractivity (Wildman–Crippen MR) is 141 cm³/mol. The molecule has 2 N–H and O–H groups in total. The van der Waals surface area contributed by atoms with E-state index in [2.05, 4.69) is 44.1 Å². The number of morpholine rings is 1. The first-order valence-corrected chi connectivity index (χ1v) is 11.8. The topological polar surface area (TPSA) is 69.2 Å². The highest BCUT2D eigenvalue weighted by Crippen LogP contribution is 2.27. The molecule has 1 amide bonds. The fourth-order valence-electron chi connectivity index (χ4n) is 4.24. The first kappa shape index (κ1) is 24.9. The van der Waals surface area contributed by atoms with Crippen molar-refractivity contribution >= 4 is 52.9 Å². The number of carbonyl (C=O) groups is 1. The second-order valence-electron chi connectivity index (χ2n) is 7.76. The summed E-state index contributed by atoms with van der Waals surface area (Å²) in [5.41, 5.74) is 2.28. The highest BCUT2D eigenvalue weighted by molar-refractivity contribution is 14.0. The number of thiophene rings is 1. The van der Waals surface area contributed by atoms with E-state index in [1.165, 1.54) is 10.4 Å². The Bertz CT molecular complexity index is 886. The van der Waals surface area contributed by atoms with Crippen LogP contribution in [0.3, 0.4) is 0 Å². The molecule has 1 saturated heterocycles. The van der Waals surface area contributed by atoms with Gasteiger partial charge in [-0.2, -0.15) is 0 Å². The summed E-state index contributed by atoms with van der Waals surface area (Å²) in [5.74, 6) is 0.714. The highest BCUT2D eigenvalue weighted by Gasteiger charge is 2.25. The molecule has 1 aromatic heterocycles. The van der Waals surface area contributed by atoms with Crippen LogP contribution < -0.4 is 15.5 Å². The summed E-state index contributed by atoms with van der Waals surface area (Å²) < 4.78 is 5.52. The molecule has 0 bridgehead atoms. The number of ether oxygens (including phenoxy) is 1. The standard InChI is InChI=1S/C23H31N5O2S.HI/c1-24-23(25-16-20(21-9-5-15-31-21)27-11-13-30-14-12-27)26-17-22(29)28-10-4-7-18-6-2-3-8-19(18)28;/h2-3,5-6,8-9,15,20H,4,7,10-14,16-17H2,1H3,(H2,24,25,26);1H. The zero-order chi connectivity index (χ0) is 21.5. The van der Waals surface area contributed by atoms with E-state index >= 15 is 0 Å². The van der Waals surface area contributed by atoms with Crippen molar-refractivity contribution < 1.29 is 9.53 Å². The first-order valence-electron chi connectivity index (χ1n) is 10.9. The number of halogens is 1. The van der Waals surface area contributed by atoms with Crippen LogP contribution in [-0.2, 0) is 16.0 Å². The first-order chi connectivity index (χ1) is 15.3. The maximum atomic E-state index is 12.9. The fourth-order valence-corrected chi connectivity index (χ4v) is 5.10. The molecule has 0 radical (unpaired) electrons. The Labute approximate surface area is 211 Å². The maximum absolute atomic E-state index is 12.9. The van der Waals surface area contributed by atoms with Gasteiger partial charge in [0.2, 0.25) is 5.91 Å². The quantitative estimate of drug-likeness (QED) is 0.318. The van der Waals surface area contributed by atoms with Gasteiger partial charge < -0.3 is 20.3 Å². The fraction of sp³-hybridized carbons (Fsp3) is 0.478. The smallest absolute Gasteiger partial charge is 0.246 e.